The van der Waals surface area contributed by atoms with Crippen LogP contribution >= 0.6 is 11.3 Å². The molecule has 0 atom stereocenters. The summed E-state index contributed by atoms with van der Waals surface area (Å²) in [5, 5.41) is 11.4. The summed E-state index contributed by atoms with van der Waals surface area (Å²) in [5.41, 5.74) is 6.63. The van der Waals surface area contributed by atoms with Gasteiger partial charge in [0, 0.05) is 18.8 Å². The second-order valence-electron chi connectivity index (χ2n) is 9.64. The highest BCUT2D eigenvalue weighted by molar-refractivity contribution is 7.89. The number of nitrogens with one attached hydrogen (secondary N) is 3. The number of benzene rings is 1. The number of carbonyl (C=O) groups excluding carboxylic acids is 2. The van der Waals surface area contributed by atoms with E-state index in [9.17, 15) is 18.0 Å². The predicted molar refractivity (Wildman–Crippen MR) is 154 cm³/mol. The summed E-state index contributed by atoms with van der Waals surface area (Å²) in [6, 6.07) is 7.76. The van der Waals surface area contributed by atoms with E-state index in [4.69, 9.17) is 19.9 Å². The van der Waals surface area contributed by atoms with Crippen LogP contribution in [0.4, 0.5) is 22.4 Å². The fourth-order valence-corrected chi connectivity index (χ4v) is 5.12. The number of anilines is 3. The Morgan fingerprint density at radius 2 is 1.68 bits per heavy atom. The van der Waals surface area contributed by atoms with Crippen LogP contribution in [0.25, 0.3) is 0 Å². The van der Waals surface area contributed by atoms with Crippen LogP contribution in [-0.2, 0) is 24.2 Å². The Morgan fingerprint density at radius 1 is 1.02 bits per heavy atom. The molecule has 0 aliphatic carbocycles. The summed E-state index contributed by atoms with van der Waals surface area (Å²) >= 11 is 1.29. The van der Waals surface area contributed by atoms with Crippen LogP contribution in [0.3, 0.4) is 0 Å². The van der Waals surface area contributed by atoms with Gasteiger partial charge in [0.05, 0.1) is 36.2 Å². The normalized spacial score (nSPS) is 11.8. The molecule has 1 amide bonds. The standard InChI is InChI=1S/C25H35N7O7S2/c1-17-9-16-40-20(17)21(33)32-22(26)30-23(31-32)29-18-5-7-19(8-6-18)41(35,36)28-11-13-38-15-14-37-12-10-27-24(34)39-25(2,3)4/h5-9,16,28H,10-15H2,1-4H3,(H,27,34)(H3,26,29,30,31). The van der Waals surface area contributed by atoms with Gasteiger partial charge in [-0.3, -0.25) is 4.79 Å². The summed E-state index contributed by atoms with van der Waals surface area (Å²) in [6.45, 7) is 8.52. The van der Waals surface area contributed by atoms with E-state index in [-0.39, 0.29) is 49.1 Å². The zero-order valence-corrected chi connectivity index (χ0v) is 24.9. The molecule has 0 bridgehead atoms. The summed E-state index contributed by atoms with van der Waals surface area (Å²) in [5.74, 6) is -0.357. The molecule has 14 nitrogen and oxygen atoms in total. The lowest BCUT2D eigenvalue weighted by atomic mass is 10.2. The van der Waals surface area contributed by atoms with Crippen molar-refractivity contribution in [3.8, 4) is 0 Å². The largest absolute Gasteiger partial charge is 0.444 e. The van der Waals surface area contributed by atoms with Crippen LogP contribution in [-0.4, -0.2) is 80.3 Å². The Kier molecular flexibility index (Phi) is 11.2. The van der Waals surface area contributed by atoms with Crippen LogP contribution in [0.15, 0.2) is 40.6 Å². The van der Waals surface area contributed by atoms with Gasteiger partial charge >= 0.3 is 6.09 Å². The van der Waals surface area contributed by atoms with Crippen LogP contribution in [0.5, 0.6) is 0 Å². The van der Waals surface area contributed by atoms with Gasteiger partial charge in [0.2, 0.25) is 21.9 Å². The Morgan fingerprint density at radius 3 is 2.29 bits per heavy atom. The van der Waals surface area contributed by atoms with Crippen molar-refractivity contribution in [1.29, 1.82) is 0 Å². The van der Waals surface area contributed by atoms with E-state index >= 15 is 0 Å². The molecular formula is C25H35N7O7S2. The molecule has 224 valence electrons. The summed E-state index contributed by atoms with van der Waals surface area (Å²) in [4.78, 5) is 28.8. The lowest BCUT2D eigenvalue weighted by Gasteiger charge is -2.19. The lowest BCUT2D eigenvalue weighted by molar-refractivity contribution is 0.0408. The highest BCUT2D eigenvalue weighted by Gasteiger charge is 2.19. The smallest absolute Gasteiger partial charge is 0.407 e. The van der Waals surface area contributed by atoms with E-state index in [0.717, 1.165) is 10.2 Å². The van der Waals surface area contributed by atoms with Gasteiger partial charge in [0.15, 0.2) is 0 Å². The van der Waals surface area contributed by atoms with Gasteiger partial charge in [0.25, 0.3) is 5.91 Å². The fourth-order valence-electron chi connectivity index (χ4n) is 3.25. The minimum atomic E-state index is -3.76. The minimum Gasteiger partial charge on any atom is -0.444 e. The predicted octanol–water partition coefficient (Wildman–Crippen LogP) is 2.50. The maximum Gasteiger partial charge on any atom is 0.407 e. The molecule has 16 heteroatoms. The monoisotopic (exact) mass is 609 g/mol. The van der Waals surface area contributed by atoms with E-state index < -0.39 is 21.7 Å². The first kappa shape index (κ1) is 32.0. The quantitative estimate of drug-likeness (QED) is 0.197. The molecule has 0 spiro atoms. The van der Waals surface area contributed by atoms with Crippen molar-refractivity contribution in [2.45, 2.75) is 38.2 Å². The second-order valence-corrected chi connectivity index (χ2v) is 12.3. The average molecular weight is 610 g/mol. The minimum absolute atomic E-state index is 0.0604. The average Bonchev–Trinajstić information content (AvgIpc) is 3.48. The molecule has 5 N–H and O–H groups in total. The van der Waals surface area contributed by atoms with Crippen molar-refractivity contribution in [1.82, 2.24) is 24.8 Å². The highest BCUT2D eigenvalue weighted by Crippen LogP contribution is 2.21. The third-order valence-corrected chi connectivity index (χ3v) is 7.61. The summed E-state index contributed by atoms with van der Waals surface area (Å²) < 4.78 is 44.5. The molecule has 2 heterocycles. The van der Waals surface area contributed by atoms with Gasteiger partial charge in [-0.25, -0.2) is 17.9 Å². The molecule has 3 rings (SSSR count). The molecule has 0 saturated carbocycles. The SMILES string of the molecule is Cc1ccsc1C(=O)n1nc(Nc2ccc(S(=O)(=O)NCCOCCOCCNC(=O)OC(C)(C)C)cc2)nc1N. The van der Waals surface area contributed by atoms with Crippen molar-refractivity contribution < 1.29 is 32.2 Å². The summed E-state index contributed by atoms with van der Waals surface area (Å²) in [7, 11) is -3.76. The Labute approximate surface area is 242 Å². The van der Waals surface area contributed by atoms with Crippen molar-refractivity contribution in [3.05, 3.63) is 46.2 Å². The zero-order chi connectivity index (χ0) is 30.0. The van der Waals surface area contributed by atoms with E-state index in [1.54, 1.807) is 38.3 Å². The van der Waals surface area contributed by atoms with Crippen LogP contribution < -0.4 is 21.1 Å². The van der Waals surface area contributed by atoms with Crippen molar-refractivity contribution in [3.63, 3.8) is 0 Å². The lowest BCUT2D eigenvalue weighted by Crippen LogP contribution is -2.34. The number of nitrogen functional groups attached to an aromatic ring is 1. The molecule has 0 radical (unpaired) electrons. The van der Waals surface area contributed by atoms with Crippen molar-refractivity contribution in [2.24, 2.45) is 0 Å². The van der Waals surface area contributed by atoms with Gasteiger partial charge < -0.3 is 30.6 Å². The number of thiophene rings is 1. The molecule has 0 saturated heterocycles. The van der Waals surface area contributed by atoms with Gasteiger partial charge in [-0.2, -0.15) is 9.67 Å². The first-order valence-electron chi connectivity index (χ1n) is 12.7. The topological polar surface area (TPSA) is 189 Å². The first-order valence-corrected chi connectivity index (χ1v) is 15.0. The molecular weight excluding hydrogens is 574 g/mol. The molecule has 1 aromatic carbocycles. The van der Waals surface area contributed by atoms with Crippen molar-refractivity contribution >= 4 is 50.9 Å². The number of hydrogen-bond donors (Lipinski definition) is 4. The number of rotatable bonds is 14. The Balaban J connectivity index is 1.36. The van der Waals surface area contributed by atoms with Crippen molar-refractivity contribution in [2.75, 3.05) is 50.6 Å². The molecule has 2 aromatic heterocycles. The Hall–Kier alpha value is -3.57. The number of sulfonamides is 1. The maximum absolute atomic E-state index is 12.7. The molecule has 0 fully saturated rings. The molecule has 0 aliphatic heterocycles. The fraction of sp³-hybridized carbons (Fsp3) is 0.440. The number of aromatic nitrogens is 3. The third-order valence-electron chi connectivity index (χ3n) is 5.13. The van der Waals surface area contributed by atoms with Gasteiger partial charge in [-0.15, -0.1) is 16.4 Å². The van der Waals surface area contributed by atoms with Gasteiger partial charge in [0.1, 0.15) is 5.60 Å². The molecule has 3 aromatic rings. The number of hydrogen-bond acceptors (Lipinski definition) is 12. The highest BCUT2D eigenvalue weighted by atomic mass is 32.2. The number of aryl methyl sites for hydroxylation is 1. The summed E-state index contributed by atoms with van der Waals surface area (Å²) in [6.07, 6.45) is -0.511. The van der Waals surface area contributed by atoms with Crippen LogP contribution in [0.1, 0.15) is 36.0 Å². The molecule has 41 heavy (non-hydrogen) atoms. The number of carbonyl (C=O) groups is 2. The van der Waals surface area contributed by atoms with E-state index in [1.165, 1.54) is 23.5 Å². The molecule has 0 aliphatic rings. The second kappa shape index (κ2) is 14.4. The number of alkyl carbamates (subject to hydrolysis) is 1. The number of ether oxygens (including phenoxy) is 3. The number of nitrogens with zero attached hydrogens (tertiary/aromatic N) is 3. The van der Waals surface area contributed by atoms with Gasteiger partial charge in [-0.05, 0) is 69.0 Å². The third kappa shape index (κ3) is 10.1. The van der Waals surface area contributed by atoms with Gasteiger partial charge in [-0.1, -0.05) is 0 Å². The zero-order valence-electron chi connectivity index (χ0n) is 23.3. The van der Waals surface area contributed by atoms with Crippen LogP contribution in [0, 0.1) is 6.92 Å². The van der Waals surface area contributed by atoms with Crippen LogP contribution in [0.2, 0.25) is 0 Å². The van der Waals surface area contributed by atoms with E-state index in [1.807, 2.05) is 13.0 Å². The maximum atomic E-state index is 12.7. The number of amides is 1. The first-order chi connectivity index (χ1) is 19.4. The van der Waals surface area contributed by atoms with E-state index in [2.05, 4.69) is 25.4 Å². The Bertz CT molecular complexity index is 1410. The number of nitrogens with two attached hydrogens (primary N) is 1. The van der Waals surface area contributed by atoms with E-state index in [0.29, 0.717) is 23.7 Å². The molecule has 0 unspecified atom stereocenters.